The van der Waals surface area contributed by atoms with Crippen molar-refractivity contribution in [2.45, 2.75) is 64.1 Å². The molecular formula is C28H29ClN4O4. The van der Waals surface area contributed by atoms with Crippen LogP contribution in [0.15, 0.2) is 40.9 Å². The van der Waals surface area contributed by atoms with Crippen molar-refractivity contribution >= 4 is 34.2 Å². The molecular weight excluding hydrogens is 492 g/mol. The van der Waals surface area contributed by atoms with Crippen molar-refractivity contribution in [2.75, 3.05) is 12.0 Å². The monoisotopic (exact) mass is 520 g/mol. The van der Waals surface area contributed by atoms with Crippen molar-refractivity contribution in [1.82, 2.24) is 14.7 Å². The number of carbonyl (C=O) groups is 1. The molecule has 2 fully saturated rings. The molecule has 0 radical (unpaired) electrons. The van der Waals surface area contributed by atoms with Gasteiger partial charge in [0, 0.05) is 23.7 Å². The smallest absolute Gasteiger partial charge is 0.227 e. The van der Waals surface area contributed by atoms with E-state index in [4.69, 9.17) is 25.8 Å². The van der Waals surface area contributed by atoms with Gasteiger partial charge >= 0.3 is 0 Å². The molecule has 0 bridgehead atoms. The van der Waals surface area contributed by atoms with Crippen molar-refractivity contribution in [1.29, 1.82) is 0 Å². The van der Waals surface area contributed by atoms with E-state index in [1.165, 1.54) is 0 Å². The molecule has 37 heavy (non-hydrogen) atoms. The number of piperidine rings is 1. The number of methoxy groups -OCH3 is 1. The molecule has 192 valence electrons. The maximum Gasteiger partial charge on any atom is 0.227 e. The van der Waals surface area contributed by atoms with Gasteiger partial charge in [0.2, 0.25) is 5.91 Å². The van der Waals surface area contributed by atoms with E-state index in [2.05, 4.69) is 27.9 Å². The van der Waals surface area contributed by atoms with E-state index in [0.29, 0.717) is 30.0 Å². The zero-order chi connectivity index (χ0) is 25.8. The largest absolute Gasteiger partial charge is 0.495 e. The summed E-state index contributed by atoms with van der Waals surface area (Å²) in [6.07, 6.45) is 3.05. The zero-order valence-electron chi connectivity index (χ0n) is 21.1. The summed E-state index contributed by atoms with van der Waals surface area (Å²) in [6.45, 7) is 3.84. The third-order valence-electron chi connectivity index (χ3n) is 7.65. The molecule has 1 N–H and O–H groups in total. The molecule has 0 spiro atoms. The molecule has 1 amide bonds. The summed E-state index contributed by atoms with van der Waals surface area (Å²) in [5.41, 5.74) is 5.36. The minimum atomic E-state index is -0.318. The fourth-order valence-electron chi connectivity index (χ4n) is 5.80. The molecule has 1 atom stereocenters. The number of carbonyl (C=O) groups excluding carboxylic acids is 1. The van der Waals surface area contributed by atoms with Crippen LogP contribution in [-0.4, -0.2) is 38.9 Å². The van der Waals surface area contributed by atoms with Crippen molar-refractivity contribution in [2.24, 2.45) is 0 Å². The quantitative estimate of drug-likeness (QED) is 0.351. The summed E-state index contributed by atoms with van der Waals surface area (Å²) in [7, 11) is 1.57. The van der Waals surface area contributed by atoms with Crippen LogP contribution in [0, 0.1) is 13.8 Å². The summed E-state index contributed by atoms with van der Waals surface area (Å²) in [5, 5.41) is 14.7. The number of imidazole rings is 1. The van der Waals surface area contributed by atoms with Gasteiger partial charge in [-0.05, 0) is 75.4 Å². The number of rotatable bonds is 5. The predicted octanol–water partition coefficient (Wildman–Crippen LogP) is 5.92. The lowest BCUT2D eigenvalue weighted by Gasteiger charge is -2.39. The first-order chi connectivity index (χ1) is 17.9. The van der Waals surface area contributed by atoms with Gasteiger partial charge in [-0.2, -0.15) is 0 Å². The van der Waals surface area contributed by atoms with Crippen molar-refractivity contribution in [3.8, 4) is 16.9 Å². The van der Waals surface area contributed by atoms with Gasteiger partial charge in [-0.3, -0.25) is 4.79 Å². The van der Waals surface area contributed by atoms with Crippen LogP contribution in [0.4, 0.5) is 5.69 Å². The lowest BCUT2D eigenvalue weighted by Crippen LogP contribution is -2.41. The van der Waals surface area contributed by atoms with E-state index < -0.39 is 0 Å². The molecule has 1 saturated carbocycles. The SMILES string of the molecule is COc1ccc(N2C(=O)CCC[C@H]2c2nc3cc(-c4c(C)noc4C)ccc3n2[C@H]2C[C@H](O)C2)cc1Cl. The van der Waals surface area contributed by atoms with Crippen molar-refractivity contribution in [3.05, 3.63) is 58.7 Å². The highest BCUT2D eigenvalue weighted by Gasteiger charge is 2.38. The van der Waals surface area contributed by atoms with Crippen molar-refractivity contribution < 1.29 is 19.2 Å². The average Bonchev–Trinajstić information content (AvgIpc) is 3.40. The number of amides is 1. The topological polar surface area (TPSA) is 93.6 Å². The summed E-state index contributed by atoms with van der Waals surface area (Å²) in [6, 6.07) is 11.5. The van der Waals surface area contributed by atoms with Crippen LogP contribution in [0.25, 0.3) is 22.2 Å². The molecule has 1 saturated heterocycles. The van der Waals surface area contributed by atoms with E-state index in [9.17, 15) is 9.90 Å². The molecule has 1 aliphatic heterocycles. The Kier molecular flexibility index (Phi) is 5.96. The van der Waals surface area contributed by atoms with Crippen LogP contribution >= 0.6 is 11.6 Å². The maximum atomic E-state index is 13.3. The molecule has 9 heteroatoms. The first-order valence-corrected chi connectivity index (χ1v) is 13.0. The molecule has 2 aromatic carbocycles. The van der Waals surface area contributed by atoms with E-state index in [-0.39, 0.29) is 24.1 Å². The van der Waals surface area contributed by atoms with Gasteiger partial charge in [-0.25, -0.2) is 4.98 Å². The van der Waals surface area contributed by atoms with Crippen LogP contribution in [0.3, 0.4) is 0 Å². The summed E-state index contributed by atoms with van der Waals surface area (Å²) < 4.78 is 13.0. The lowest BCUT2D eigenvalue weighted by molar-refractivity contribution is -0.120. The Balaban J connectivity index is 1.50. The van der Waals surface area contributed by atoms with Gasteiger partial charge < -0.3 is 23.8 Å². The number of nitrogens with zero attached hydrogens (tertiary/aromatic N) is 4. The van der Waals surface area contributed by atoms with Gasteiger partial charge in [-0.15, -0.1) is 0 Å². The van der Waals surface area contributed by atoms with E-state index in [1.54, 1.807) is 19.2 Å². The van der Waals surface area contributed by atoms with Crippen molar-refractivity contribution in [3.63, 3.8) is 0 Å². The average molecular weight is 521 g/mol. The second-order valence-corrected chi connectivity index (χ2v) is 10.4. The number of aromatic nitrogens is 3. The number of aryl methyl sites for hydroxylation is 2. The molecule has 2 aromatic heterocycles. The summed E-state index contributed by atoms with van der Waals surface area (Å²) in [4.78, 5) is 20.3. The Labute approximate surface area is 219 Å². The van der Waals surface area contributed by atoms with Gasteiger partial charge in [-0.1, -0.05) is 22.8 Å². The van der Waals surface area contributed by atoms with Gasteiger partial charge in [0.25, 0.3) is 0 Å². The van der Waals surface area contributed by atoms with Crippen LogP contribution < -0.4 is 9.64 Å². The highest BCUT2D eigenvalue weighted by Crippen LogP contribution is 2.43. The number of hydrogen-bond donors (Lipinski definition) is 1. The molecule has 0 unspecified atom stereocenters. The Bertz CT molecular complexity index is 1480. The van der Waals surface area contributed by atoms with E-state index in [0.717, 1.165) is 58.0 Å². The van der Waals surface area contributed by atoms with Crippen LogP contribution in [-0.2, 0) is 4.79 Å². The number of aliphatic hydroxyl groups excluding tert-OH is 1. The predicted molar refractivity (Wildman–Crippen MR) is 141 cm³/mol. The van der Waals surface area contributed by atoms with E-state index in [1.807, 2.05) is 24.8 Å². The number of fused-ring (bicyclic) bond motifs is 1. The molecule has 8 nitrogen and oxygen atoms in total. The number of anilines is 1. The minimum absolute atomic E-state index is 0.0427. The number of halogens is 1. The van der Waals surface area contributed by atoms with Crippen LogP contribution in [0.5, 0.6) is 5.75 Å². The van der Waals surface area contributed by atoms with Crippen LogP contribution in [0.2, 0.25) is 5.02 Å². The Morgan fingerprint density at radius 1 is 1.16 bits per heavy atom. The maximum absolute atomic E-state index is 13.3. The fraction of sp³-hybridized carbons (Fsp3) is 0.393. The summed E-state index contributed by atoms with van der Waals surface area (Å²) >= 11 is 6.45. The minimum Gasteiger partial charge on any atom is -0.495 e. The number of hydrogen-bond acceptors (Lipinski definition) is 6. The molecule has 4 aromatic rings. The zero-order valence-corrected chi connectivity index (χ0v) is 21.8. The molecule has 1 aliphatic carbocycles. The van der Waals surface area contributed by atoms with Gasteiger partial charge in [0.1, 0.15) is 17.3 Å². The third kappa shape index (κ3) is 3.99. The van der Waals surface area contributed by atoms with E-state index >= 15 is 0 Å². The highest BCUT2D eigenvalue weighted by atomic mass is 35.5. The first-order valence-electron chi connectivity index (χ1n) is 12.6. The number of ether oxygens (including phenoxy) is 1. The number of benzene rings is 2. The molecule has 2 aliphatic rings. The Hall–Kier alpha value is -3.36. The number of aliphatic hydroxyl groups is 1. The first kappa shape index (κ1) is 24.0. The third-order valence-corrected chi connectivity index (χ3v) is 7.95. The van der Waals surface area contributed by atoms with Crippen LogP contribution in [0.1, 0.15) is 61.5 Å². The fourth-order valence-corrected chi connectivity index (χ4v) is 6.05. The highest BCUT2D eigenvalue weighted by molar-refractivity contribution is 6.32. The molecule has 6 rings (SSSR count). The van der Waals surface area contributed by atoms with Gasteiger partial charge in [0.05, 0.1) is 41.0 Å². The summed E-state index contributed by atoms with van der Waals surface area (Å²) in [5.74, 6) is 2.21. The Morgan fingerprint density at radius 2 is 1.97 bits per heavy atom. The lowest BCUT2D eigenvalue weighted by atomic mass is 9.88. The van der Waals surface area contributed by atoms with Gasteiger partial charge in [0.15, 0.2) is 0 Å². The Morgan fingerprint density at radius 3 is 2.65 bits per heavy atom. The second-order valence-electron chi connectivity index (χ2n) is 10.0. The normalized spacial score (nSPS) is 21.9. The standard InChI is InChI=1S/C28H29ClN4O4/c1-15-27(16(2)37-31-15)17-7-9-23-22(11-17)30-28(33(23)19-12-20(34)13-19)24-5-4-6-26(35)32(24)18-8-10-25(36-3)21(29)14-18/h7-11,14,19-20,24,34H,4-6,12-13H2,1-3H3/t19-,20-,24-/m0/s1. The molecule has 3 heterocycles. The second kappa shape index (κ2) is 9.19.